The molecule has 2 saturated carbocycles. The number of para-hydroxylation sites is 1. The van der Waals surface area contributed by atoms with E-state index in [1.54, 1.807) is 6.07 Å². The first-order valence-electron chi connectivity index (χ1n) is 15.8. The minimum atomic E-state index is -3.98. The fourth-order valence-electron chi connectivity index (χ4n) is 6.85. The lowest BCUT2D eigenvalue weighted by atomic mass is 9.82. The summed E-state index contributed by atoms with van der Waals surface area (Å²) in [5.74, 6) is -0.395. The van der Waals surface area contributed by atoms with Crippen LogP contribution in [-0.2, 0) is 10.2 Å². The maximum atomic E-state index is 13.4. The molecule has 2 aliphatic carbocycles. The number of anilines is 1. The summed E-state index contributed by atoms with van der Waals surface area (Å²) in [5, 5.41) is 6.09. The van der Waals surface area contributed by atoms with Crippen molar-refractivity contribution in [2.45, 2.75) is 62.9 Å². The van der Waals surface area contributed by atoms with E-state index in [0.29, 0.717) is 17.6 Å². The van der Waals surface area contributed by atoms with Gasteiger partial charge < -0.3 is 4.90 Å². The highest BCUT2D eigenvalue weighted by Gasteiger charge is 2.35. The molecule has 2 saturated heterocycles. The first kappa shape index (κ1) is 28.7. The number of fused-ring (bicyclic) bond motifs is 1. The molecule has 0 unspecified atom stereocenters. The molecule has 4 aliphatic rings. The molecule has 4 heterocycles. The highest BCUT2D eigenvalue weighted by atomic mass is 32.2. The number of aromatic nitrogens is 3. The maximum Gasteiger partial charge on any atom is 0.303 e. The van der Waals surface area contributed by atoms with Gasteiger partial charge in [0.15, 0.2) is 5.65 Å². The third kappa shape index (κ3) is 5.65. The second-order valence-corrected chi connectivity index (χ2v) is 14.6. The predicted octanol–water partition coefficient (Wildman–Crippen LogP) is 2.97. The number of piperazine rings is 1. The zero-order valence-electron chi connectivity index (χ0n) is 25.2. The summed E-state index contributed by atoms with van der Waals surface area (Å²) in [7, 11) is -1.19. The van der Waals surface area contributed by atoms with Crippen LogP contribution in [0.5, 0.6) is 0 Å². The number of carbonyl (C=O) groups is 1. The lowest BCUT2D eigenvalue weighted by molar-refractivity contribution is 0.0809. The second kappa shape index (κ2) is 11.5. The molecule has 11 nitrogen and oxygen atoms in total. The lowest BCUT2D eigenvalue weighted by Crippen LogP contribution is -2.53. The van der Waals surface area contributed by atoms with Crippen molar-refractivity contribution >= 4 is 32.8 Å². The van der Waals surface area contributed by atoms with Crippen LogP contribution in [0, 0.1) is 0 Å². The van der Waals surface area contributed by atoms with E-state index in [0.717, 1.165) is 84.7 Å². The monoisotopic (exact) mass is 606 g/mol. The molecule has 1 amide bonds. The molecule has 0 radical (unpaired) electrons. The molecule has 43 heavy (non-hydrogen) atoms. The normalized spacial score (nSPS) is 21.4. The number of amides is 1. The van der Waals surface area contributed by atoms with Gasteiger partial charge in [-0.1, -0.05) is 24.6 Å². The highest BCUT2D eigenvalue weighted by Crippen LogP contribution is 2.43. The molecule has 0 bridgehead atoms. The molecule has 0 atom stereocenters. The molecular weight excluding hydrogens is 564 g/mol. The molecule has 7 rings (SSSR count). The summed E-state index contributed by atoms with van der Waals surface area (Å²) in [6, 6.07) is 13.0. The van der Waals surface area contributed by atoms with Crippen LogP contribution >= 0.6 is 0 Å². The van der Waals surface area contributed by atoms with Crippen LogP contribution in [0.2, 0.25) is 0 Å². The molecule has 3 aromatic rings. The Morgan fingerprint density at radius 3 is 2.07 bits per heavy atom. The largest absolute Gasteiger partial charge is 0.371 e. The quantitative estimate of drug-likeness (QED) is 0.417. The first-order chi connectivity index (χ1) is 20.8. The van der Waals surface area contributed by atoms with Crippen molar-refractivity contribution in [3.63, 3.8) is 0 Å². The van der Waals surface area contributed by atoms with Crippen molar-refractivity contribution in [3.8, 4) is 5.69 Å². The number of rotatable bonds is 8. The number of piperidine rings is 1. The van der Waals surface area contributed by atoms with Gasteiger partial charge in [0.2, 0.25) is 0 Å². The van der Waals surface area contributed by atoms with Gasteiger partial charge in [0.05, 0.1) is 22.5 Å². The summed E-state index contributed by atoms with van der Waals surface area (Å²) in [5.41, 5.74) is 3.48. The Hall–Kier alpha value is -3.06. The molecular formula is C31H42N8O3S. The van der Waals surface area contributed by atoms with Crippen LogP contribution in [0.4, 0.5) is 5.69 Å². The van der Waals surface area contributed by atoms with Gasteiger partial charge in [-0.3, -0.25) is 14.6 Å². The van der Waals surface area contributed by atoms with E-state index in [1.807, 2.05) is 35.0 Å². The molecule has 1 aromatic carbocycles. The van der Waals surface area contributed by atoms with E-state index in [4.69, 9.17) is 10.1 Å². The van der Waals surface area contributed by atoms with E-state index in [-0.39, 0.29) is 5.69 Å². The minimum Gasteiger partial charge on any atom is -0.371 e. The number of pyridine rings is 1. The number of nitrogens with zero attached hydrogens (tertiary/aromatic N) is 7. The molecule has 2 aromatic heterocycles. The van der Waals surface area contributed by atoms with Gasteiger partial charge in [0.1, 0.15) is 5.69 Å². The number of nitrogens with one attached hydrogen (secondary N) is 1. The van der Waals surface area contributed by atoms with Gasteiger partial charge in [-0.05, 0) is 56.7 Å². The lowest BCUT2D eigenvalue weighted by Gasteiger charge is -2.43. The zero-order valence-corrected chi connectivity index (χ0v) is 26.0. The number of carbonyl (C=O) groups excluding carboxylic acids is 1. The predicted molar refractivity (Wildman–Crippen MR) is 167 cm³/mol. The van der Waals surface area contributed by atoms with E-state index in [1.165, 1.54) is 46.4 Å². The van der Waals surface area contributed by atoms with Gasteiger partial charge in [-0.2, -0.15) is 17.8 Å². The first-order valence-corrected chi connectivity index (χ1v) is 17.2. The van der Waals surface area contributed by atoms with E-state index in [9.17, 15) is 13.2 Å². The van der Waals surface area contributed by atoms with E-state index >= 15 is 0 Å². The topological polar surface area (TPSA) is 107 Å². The Morgan fingerprint density at radius 1 is 0.884 bits per heavy atom. The molecule has 2 aliphatic heterocycles. The Balaban J connectivity index is 1.24. The second-order valence-electron chi connectivity index (χ2n) is 12.7. The van der Waals surface area contributed by atoms with Gasteiger partial charge in [0.25, 0.3) is 5.91 Å². The van der Waals surface area contributed by atoms with Gasteiger partial charge >= 0.3 is 10.2 Å². The molecule has 230 valence electrons. The number of hydrogen-bond acceptors (Lipinski definition) is 8. The minimum absolute atomic E-state index is 0.0727. The van der Waals surface area contributed by atoms with Crippen LogP contribution in [0.1, 0.15) is 67.0 Å². The average molecular weight is 607 g/mol. The smallest absolute Gasteiger partial charge is 0.303 e. The third-order valence-corrected chi connectivity index (χ3v) is 11.2. The molecule has 1 N–H and O–H groups in total. The standard InChI is InChI=1S/C31H42N8O3S/c1-35(2)43(41,42)34-31(40)26-21-27(38-15-13-24(14-16-38)37-19-17-36(18-20-37)23-11-12-23)28-29(22-7-6-8-22)33-39(30(28)32-26)25-9-4-3-5-10-25/h3-5,9-10,21-24H,6-8,11-20H2,1-2H3,(H,34,40). The van der Waals surface area contributed by atoms with Gasteiger partial charge in [0, 0.05) is 71.4 Å². The number of hydrogen-bond donors (Lipinski definition) is 1. The summed E-state index contributed by atoms with van der Waals surface area (Å²) >= 11 is 0. The van der Waals surface area contributed by atoms with Crippen molar-refractivity contribution < 1.29 is 13.2 Å². The van der Waals surface area contributed by atoms with Gasteiger partial charge in [-0.15, -0.1) is 0 Å². The molecule has 12 heteroatoms. The van der Waals surface area contributed by atoms with E-state index in [2.05, 4.69) is 19.4 Å². The van der Waals surface area contributed by atoms with Crippen molar-refractivity contribution in [3.05, 3.63) is 47.8 Å². The van der Waals surface area contributed by atoms with Crippen LogP contribution in [-0.4, -0.2) is 109 Å². The fraction of sp³-hybridized carbons (Fsp3) is 0.581. The molecule has 0 spiro atoms. The Bertz CT molecular complexity index is 1580. The van der Waals surface area contributed by atoms with Crippen LogP contribution in [0.3, 0.4) is 0 Å². The zero-order chi connectivity index (χ0) is 29.7. The van der Waals surface area contributed by atoms with Crippen LogP contribution in [0.25, 0.3) is 16.7 Å². The average Bonchev–Trinajstić information content (AvgIpc) is 3.78. The number of benzene rings is 1. The van der Waals surface area contributed by atoms with Gasteiger partial charge in [-0.25, -0.2) is 14.4 Å². The Morgan fingerprint density at radius 2 is 1.51 bits per heavy atom. The fourth-order valence-corrected chi connectivity index (χ4v) is 7.37. The van der Waals surface area contributed by atoms with Crippen LogP contribution in [0.15, 0.2) is 36.4 Å². The van der Waals surface area contributed by atoms with Crippen molar-refractivity contribution in [1.29, 1.82) is 0 Å². The molecule has 4 fully saturated rings. The van der Waals surface area contributed by atoms with Crippen molar-refractivity contribution in [2.75, 3.05) is 58.3 Å². The summed E-state index contributed by atoms with van der Waals surface area (Å²) in [6.07, 6.45) is 8.17. The third-order valence-electron chi connectivity index (χ3n) is 9.81. The SMILES string of the molecule is CN(C)S(=O)(=O)NC(=O)c1cc(N2CCC(N3CCN(C4CC4)CC3)CC2)c2c(C3CCC3)nn(-c3ccccc3)c2n1. The van der Waals surface area contributed by atoms with Crippen LogP contribution < -0.4 is 9.62 Å². The highest BCUT2D eigenvalue weighted by molar-refractivity contribution is 7.87. The summed E-state index contributed by atoms with van der Waals surface area (Å²) < 4.78 is 30.1. The van der Waals surface area contributed by atoms with Crippen molar-refractivity contribution in [1.82, 2.24) is 33.6 Å². The summed E-state index contributed by atoms with van der Waals surface area (Å²) in [4.78, 5) is 25.9. The van der Waals surface area contributed by atoms with Crippen molar-refractivity contribution in [2.24, 2.45) is 0 Å². The Kier molecular flexibility index (Phi) is 7.65. The summed E-state index contributed by atoms with van der Waals surface area (Å²) in [6.45, 7) is 6.36. The maximum absolute atomic E-state index is 13.4. The Labute approximate surface area is 254 Å². The van der Waals surface area contributed by atoms with E-state index < -0.39 is 16.1 Å².